The Morgan fingerprint density at radius 1 is 0.446 bits per heavy atom. The van der Waals surface area contributed by atoms with Crippen LogP contribution in [0.1, 0.15) is 122 Å². The molecule has 0 spiro atoms. The monoisotopic (exact) mass is 1600 g/mol. The maximum absolute atomic E-state index is 11.6. The fourth-order valence-electron chi connectivity index (χ4n) is 15.0. The van der Waals surface area contributed by atoms with Gasteiger partial charge in [-0.05, 0) is 193 Å². The van der Waals surface area contributed by atoms with E-state index in [1.807, 2.05) is 147 Å². The van der Waals surface area contributed by atoms with Gasteiger partial charge in [-0.2, -0.15) is 0 Å². The minimum absolute atomic E-state index is 0.197. The normalized spacial score (nSPS) is 16.6. The molecule has 0 radical (unpaired) electrons. The minimum atomic E-state index is -1.48. The molecule has 23 heteroatoms. The first kappa shape index (κ1) is 67.6. The van der Waals surface area contributed by atoms with E-state index < -0.39 is 12.7 Å². The lowest BCUT2D eigenvalue weighted by Gasteiger charge is -2.26. The van der Waals surface area contributed by atoms with Crippen molar-refractivity contribution in [2.45, 2.75) is 75.2 Å². The lowest BCUT2D eigenvalue weighted by molar-refractivity contribution is 0.0748. The Kier molecular flexibility index (Phi) is 19.0. The number of para-hydroxylation sites is 4. The van der Waals surface area contributed by atoms with Crippen molar-refractivity contribution in [2.24, 2.45) is 0 Å². The van der Waals surface area contributed by atoms with Gasteiger partial charge in [0.1, 0.15) is 62.5 Å². The van der Waals surface area contributed by atoms with Crippen molar-refractivity contribution in [3.63, 3.8) is 0 Å². The maximum Gasteiger partial charge on any atom is 0.489 e. The molecule has 19 rings (SSSR count). The summed E-state index contributed by atoms with van der Waals surface area (Å²) in [6.07, 6.45) is 19.6. The molecule has 0 saturated heterocycles. The van der Waals surface area contributed by atoms with Gasteiger partial charge in [0.05, 0.1) is 79.7 Å². The number of carbonyl (C=O) groups excluding carboxylic acids is 1. The smallest absolute Gasteiger partial charge is 0.489 e. The molecule has 10 aromatic heterocycles. The van der Waals surface area contributed by atoms with Crippen molar-refractivity contribution in [3.8, 4) is 23.0 Å². The van der Waals surface area contributed by atoms with Crippen molar-refractivity contribution >= 4 is 116 Å². The largest absolute Gasteiger partial charge is 0.496 e. The maximum atomic E-state index is 11.6. The van der Waals surface area contributed by atoms with E-state index in [1.54, 1.807) is 40.7 Å². The number of aryl methyl sites for hydroxylation is 4. The molecule has 14 aromatic rings. The summed E-state index contributed by atoms with van der Waals surface area (Å²) in [5, 5.41) is 30.3. The number of ketones is 1. The van der Waals surface area contributed by atoms with Crippen LogP contribution in [0.15, 0.2) is 213 Å². The Hall–Kier alpha value is -9.20. The molecule has 0 saturated carbocycles. The second-order valence-electron chi connectivity index (χ2n) is 25.1. The number of fused-ring (bicyclic) bond motifs is 15. The number of aliphatic hydroxyl groups is 1. The van der Waals surface area contributed by atoms with E-state index >= 15 is 0 Å². The predicted molar refractivity (Wildman–Crippen MR) is 404 cm³/mol. The van der Waals surface area contributed by atoms with Crippen molar-refractivity contribution in [2.75, 3.05) is 28.4 Å². The van der Waals surface area contributed by atoms with Gasteiger partial charge in [-0.25, -0.2) is 24.9 Å². The van der Waals surface area contributed by atoms with Gasteiger partial charge in [-0.15, -0.1) is 0 Å². The number of Topliss-reactive ketones (excluding diaryl/α,β-unsaturated/α-hetero) is 1. The van der Waals surface area contributed by atoms with E-state index in [4.69, 9.17) is 28.9 Å². The third-order valence-electron chi connectivity index (χ3n) is 19.4. The number of ether oxygens (including phenoxy) is 4. The Labute approximate surface area is 615 Å². The molecule has 101 heavy (non-hydrogen) atoms. The summed E-state index contributed by atoms with van der Waals surface area (Å²) in [5.41, 5.74) is 19.9. The van der Waals surface area contributed by atoms with Gasteiger partial charge in [0, 0.05) is 101 Å². The Morgan fingerprint density at radius 3 is 1.47 bits per heavy atom. The number of aromatic nitrogens is 10. The summed E-state index contributed by atoms with van der Waals surface area (Å²) in [6.45, 7) is 0. The molecule has 10 heterocycles. The Bertz CT molecular complexity index is 5570. The van der Waals surface area contributed by atoms with Crippen molar-refractivity contribution in [1.82, 2.24) is 46.9 Å². The van der Waals surface area contributed by atoms with E-state index in [1.165, 1.54) is 22.5 Å². The van der Waals surface area contributed by atoms with E-state index in [2.05, 4.69) is 136 Å². The molecule has 18 nitrogen and oxygen atoms in total. The summed E-state index contributed by atoms with van der Waals surface area (Å²) in [5.74, 6) is 4.16. The molecule has 5 aliphatic rings. The first-order valence-corrected chi connectivity index (χ1v) is 36.3. The zero-order valence-corrected chi connectivity index (χ0v) is 61.8. The number of pyridine rings is 5. The molecule has 0 aliphatic heterocycles. The van der Waals surface area contributed by atoms with Crippen LogP contribution in [0, 0.1) is 0 Å². The van der Waals surface area contributed by atoms with Gasteiger partial charge >= 0.3 is 7.12 Å². The van der Waals surface area contributed by atoms with Crippen LogP contribution in [0.4, 0.5) is 0 Å². The van der Waals surface area contributed by atoms with Crippen LogP contribution in [0.5, 0.6) is 23.0 Å². The number of methoxy groups -OCH3 is 4. The fourth-order valence-corrected chi connectivity index (χ4v) is 16.3. The standard InChI is InChI=1S/C17H17BN2O3.C17H15BrN2O2.C17H15BrN2O.C17H13BrN2O.C10H7BrN2O/c1-23-15-5-3-2-4-12(15)13-7-8-14-17(13)20-10-11(18(21)22)6-9-16(20)19-14;1-22-14-5-3-2-4-12(14)17(21)9-8-13-16(17)20-10-11(18)6-7-15(20)19-13;2*1-21-15-5-3-2-4-12(15)13-7-8-14-17(13)20-10-11(18)6-9-16(20)19-14;11-6-1-4-9-12-7-2-3-8(14)10(7)13(9)5-6/h2-6,9-10,13,21-22H,7-8H2,1H3;2-7,10,21H,8-9H2,1H3;2-6,9-10,13H,7-8H2,1H3;2-7,9-10H,8H2,1H3;1,4-5H,2-3H2. The second-order valence-corrected chi connectivity index (χ2v) is 28.8. The van der Waals surface area contributed by atoms with Crippen molar-refractivity contribution < 1.29 is 38.9 Å². The molecule has 508 valence electrons. The zero-order valence-electron chi connectivity index (χ0n) is 55.4. The number of allylic oxidation sites excluding steroid dienone is 1. The van der Waals surface area contributed by atoms with Crippen LogP contribution in [0.25, 0.3) is 33.8 Å². The van der Waals surface area contributed by atoms with Crippen LogP contribution in [-0.4, -0.2) is 103 Å². The molecular formula is C78H67BBr4N10O8. The average Bonchev–Trinajstić information content (AvgIpc) is 1.59. The first-order chi connectivity index (χ1) is 49.1. The quantitative estimate of drug-likeness (QED) is 0.115. The molecule has 3 atom stereocenters. The van der Waals surface area contributed by atoms with Gasteiger partial charge in [0.25, 0.3) is 0 Å². The highest BCUT2D eigenvalue weighted by atomic mass is 79.9. The highest BCUT2D eigenvalue weighted by Crippen LogP contribution is 2.47. The molecule has 0 amide bonds. The molecule has 5 aliphatic carbocycles. The van der Waals surface area contributed by atoms with Crippen LogP contribution in [0.2, 0.25) is 0 Å². The summed E-state index contributed by atoms with van der Waals surface area (Å²) >= 11 is 14.0. The van der Waals surface area contributed by atoms with E-state index in [0.29, 0.717) is 30.0 Å². The highest BCUT2D eigenvalue weighted by molar-refractivity contribution is 9.11. The van der Waals surface area contributed by atoms with E-state index in [9.17, 15) is 19.9 Å². The molecule has 3 unspecified atom stereocenters. The SMILES string of the molecule is COc1ccccc1C1(O)CCc2nc3ccc(Br)cn3c21.COc1ccccc1C1=CCc2nc3ccc(Br)cn3c21.COc1ccccc1C1CCc2nc3ccc(B(O)O)cn3c21.COc1ccccc1C1CCc2nc3ccc(Br)cn3c21.O=C1CCc2nc3ccc(Br)cn3c21. The summed E-state index contributed by atoms with van der Waals surface area (Å²) < 4.78 is 36.2. The van der Waals surface area contributed by atoms with Gasteiger partial charge < -0.3 is 42.9 Å². The number of hydrogen-bond donors (Lipinski definition) is 3. The number of benzene rings is 4. The molecule has 0 bridgehead atoms. The highest BCUT2D eigenvalue weighted by Gasteiger charge is 2.44. The molecular weight excluding hydrogens is 1540 g/mol. The third-order valence-corrected chi connectivity index (χ3v) is 21.3. The van der Waals surface area contributed by atoms with Gasteiger partial charge in [0.2, 0.25) is 0 Å². The van der Waals surface area contributed by atoms with E-state index in [-0.39, 0.29) is 11.7 Å². The van der Waals surface area contributed by atoms with Crippen LogP contribution >= 0.6 is 63.7 Å². The topological polar surface area (TPSA) is 201 Å². The summed E-state index contributed by atoms with van der Waals surface area (Å²) in [6, 6.07) is 51.5. The number of carbonyl (C=O) groups is 1. The van der Waals surface area contributed by atoms with Crippen LogP contribution < -0.4 is 24.4 Å². The Morgan fingerprint density at radius 2 is 0.891 bits per heavy atom. The lowest BCUT2D eigenvalue weighted by atomic mass is 9.82. The number of imidazole rings is 5. The number of hydrogen-bond acceptors (Lipinski definition) is 13. The van der Waals surface area contributed by atoms with E-state index in [0.717, 1.165) is 171 Å². The second kappa shape index (κ2) is 28.3. The average molecular weight is 1600 g/mol. The van der Waals surface area contributed by atoms with Crippen molar-refractivity contribution in [1.29, 1.82) is 0 Å². The number of halogens is 4. The fraction of sp³-hybridized carbons (Fsp3) is 0.205. The molecule has 4 aromatic carbocycles. The van der Waals surface area contributed by atoms with Crippen LogP contribution in [-0.2, 0) is 37.7 Å². The summed E-state index contributed by atoms with van der Waals surface area (Å²) in [7, 11) is 5.27. The predicted octanol–water partition coefficient (Wildman–Crippen LogP) is 14.9. The van der Waals surface area contributed by atoms with Gasteiger partial charge in [-0.3, -0.25) is 18.0 Å². The van der Waals surface area contributed by atoms with Gasteiger partial charge in [-0.1, -0.05) is 84.9 Å². The third kappa shape index (κ3) is 12.7. The summed E-state index contributed by atoms with van der Waals surface area (Å²) in [4.78, 5) is 34.8. The molecule has 0 fully saturated rings. The van der Waals surface area contributed by atoms with Crippen LogP contribution in [0.3, 0.4) is 0 Å². The van der Waals surface area contributed by atoms with Gasteiger partial charge in [0.15, 0.2) is 5.78 Å². The number of rotatable bonds is 9. The zero-order chi connectivity index (χ0) is 69.8. The Balaban J connectivity index is 0.000000103. The van der Waals surface area contributed by atoms with Crippen molar-refractivity contribution in [3.05, 3.63) is 292 Å². The number of nitrogens with zero attached hydrogens (tertiary/aromatic N) is 10. The molecule has 3 N–H and O–H groups in total. The first-order valence-electron chi connectivity index (χ1n) is 33.2. The lowest BCUT2D eigenvalue weighted by Crippen LogP contribution is -2.30. The minimum Gasteiger partial charge on any atom is -0.496 e.